The third-order valence-corrected chi connectivity index (χ3v) is 23.6. The van der Waals surface area contributed by atoms with Crippen LogP contribution in [0.2, 0.25) is 0 Å². The number of para-hydroxylation sites is 4. The van der Waals surface area contributed by atoms with Gasteiger partial charge in [0.05, 0.1) is 79.6 Å². The van der Waals surface area contributed by atoms with Crippen LogP contribution in [0.4, 0.5) is 113 Å². The summed E-state index contributed by atoms with van der Waals surface area (Å²) in [5.41, 5.74) is 69.3. The highest BCUT2D eigenvalue weighted by molar-refractivity contribution is 6.09. The Morgan fingerprint density at radius 1 is 0.195 bits per heavy atom. The number of hydrogen-bond donors (Lipinski definition) is 21. The van der Waals surface area contributed by atoms with Crippen molar-refractivity contribution in [3.8, 4) is 0 Å². The van der Waals surface area contributed by atoms with E-state index in [1.807, 2.05) is 150 Å². The van der Waals surface area contributed by atoms with E-state index in [1.165, 1.54) is 0 Å². The highest BCUT2D eigenvalue weighted by Crippen LogP contribution is 2.39. The number of hydrogen-bond acceptors (Lipinski definition) is 14. The van der Waals surface area contributed by atoms with Gasteiger partial charge in [0.25, 0.3) is 0 Å². The van der Waals surface area contributed by atoms with Crippen molar-refractivity contribution in [1.29, 1.82) is 0 Å². The average molecular weight is 1790 g/mol. The highest BCUT2D eigenvalue weighted by Gasteiger charge is 2.26. The standard InChI is InChI=1S/C39H51N9O3.C34H36N6O2.C32H32N6O2/c1-7-25-28(19-43-37(49)46-34-13-10-22(4)16-31(34)40)26(8-2)30(21-45-39(51)48-36-15-12-24(6)18-33(36)42)27(9-3)29(25)20-44-38(50)47-35-14-11-23(5)17-32(35)41;1-19-13-23-24(14-20(19)2)28(18-38-34(42)40-32-12-8-6-10-30(32)36)26-16-22(4)21(3)15-25(26)27(23)17-37-33(41)39-31-11-7-5-9-29(31)35;1-19-11-13-29(27(33)15-19)37-31(39)35-17-25-21-7-3-5-9-23(21)26(24-10-6-4-8-22(24)25)18-36-32(40)38-30-14-12-20(2)16-28(30)34/h10-18H,7-9,19-21,40-42H2,1-6H3,(H2,43,46,49)(H2,44,47,50)(H2,45,48,51);5-16H,17-18,35-36H2,1-4H3,(H2,37,39,41)(H2,38,40,42);3-16H,17-18,33-34H2,1-2H3,(H2,35,37,39)(H2,36,38,40). The Labute approximate surface area is 774 Å². The number of urea groups is 7. The van der Waals surface area contributed by atoms with Crippen LogP contribution in [-0.2, 0) is 65.1 Å². The molecule has 0 spiro atoms. The number of aryl methyl sites for hydroxylation is 9. The third kappa shape index (κ3) is 23.9. The predicted octanol–water partition coefficient (Wildman–Crippen LogP) is 20.5. The molecule has 28 nitrogen and oxygen atoms in total. The summed E-state index contributed by atoms with van der Waals surface area (Å²) >= 11 is 0. The van der Waals surface area contributed by atoms with E-state index in [9.17, 15) is 33.6 Å². The minimum absolute atomic E-state index is 0.214. The Morgan fingerprint density at radius 3 is 0.556 bits per heavy atom. The van der Waals surface area contributed by atoms with Crippen LogP contribution in [0.5, 0.6) is 0 Å². The van der Waals surface area contributed by atoms with E-state index in [0.717, 1.165) is 149 Å². The first-order valence-corrected chi connectivity index (χ1v) is 44.1. The number of fused-ring (bicyclic) bond motifs is 4. The molecule has 0 saturated carbocycles. The van der Waals surface area contributed by atoms with Crippen molar-refractivity contribution < 1.29 is 33.6 Å². The Bertz CT molecular complexity index is 6170. The molecule has 0 radical (unpaired) electrons. The maximum absolute atomic E-state index is 13.2. The molecular weight excluding hydrogens is 1670 g/mol. The average Bonchev–Trinajstić information content (AvgIpc) is 0.725. The van der Waals surface area contributed by atoms with Crippen LogP contribution in [0.15, 0.2) is 212 Å². The molecule has 133 heavy (non-hydrogen) atoms. The largest absolute Gasteiger partial charge is 0.397 e. The summed E-state index contributed by atoms with van der Waals surface area (Å²) in [5, 5.41) is 49.1. The number of amides is 14. The van der Waals surface area contributed by atoms with E-state index >= 15 is 0 Å². The monoisotopic (exact) mass is 1790 g/mol. The molecule has 14 amide bonds. The lowest BCUT2D eigenvalue weighted by Gasteiger charge is -2.27. The zero-order chi connectivity index (χ0) is 95.4. The van der Waals surface area contributed by atoms with Gasteiger partial charge in [-0.1, -0.05) is 148 Å². The minimum atomic E-state index is -0.404. The summed E-state index contributed by atoms with van der Waals surface area (Å²) < 4.78 is 0. The second-order valence-corrected chi connectivity index (χ2v) is 33.2. The van der Waals surface area contributed by atoms with Crippen molar-refractivity contribution >= 4 is 165 Å². The van der Waals surface area contributed by atoms with Gasteiger partial charge in [0.15, 0.2) is 0 Å². The number of carbonyl (C=O) groups is 7. The van der Waals surface area contributed by atoms with Crippen LogP contribution >= 0.6 is 0 Å². The van der Waals surface area contributed by atoms with E-state index in [2.05, 4.69) is 147 Å². The molecule has 28 heteroatoms. The molecule has 0 unspecified atom stereocenters. The fourth-order valence-corrected chi connectivity index (χ4v) is 16.6. The lowest BCUT2D eigenvalue weighted by atomic mass is 9.83. The lowest BCUT2D eigenvalue weighted by Crippen LogP contribution is -2.33. The molecule has 0 fully saturated rings. The van der Waals surface area contributed by atoms with Gasteiger partial charge in [-0.25, -0.2) is 33.6 Å². The Kier molecular flexibility index (Phi) is 31.4. The Hall–Kier alpha value is -16.4. The van der Waals surface area contributed by atoms with Crippen LogP contribution < -0.4 is 115 Å². The smallest absolute Gasteiger partial charge is 0.319 e. The molecule has 0 bridgehead atoms. The van der Waals surface area contributed by atoms with Gasteiger partial charge in [-0.05, 0) is 315 Å². The molecule has 28 N–H and O–H groups in total. The van der Waals surface area contributed by atoms with Crippen molar-refractivity contribution in [1.82, 2.24) is 37.2 Å². The van der Waals surface area contributed by atoms with Crippen molar-refractivity contribution in [3.05, 3.63) is 318 Å². The van der Waals surface area contributed by atoms with E-state index in [0.29, 0.717) is 125 Å². The summed E-state index contributed by atoms with van der Waals surface area (Å²) in [6, 6.07) is 63.8. The molecule has 0 aromatic heterocycles. The zero-order valence-corrected chi connectivity index (χ0v) is 77.2. The second kappa shape index (κ2) is 43.6. The minimum Gasteiger partial charge on any atom is -0.397 e. The molecule has 0 aliphatic carbocycles. The molecule has 0 aliphatic heterocycles. The number of nitrogens with two attached hydrogens (primary N) is 7. The van der Waals surface area contributed by atoms with Gasteiger partial charge in [0.1, 0.15) is 0 Å². The normalized spacial score (nSPS) is 10.8. The van der Waals surface area contributed by atoms with Crippen molar-refractivity contribution in [2.24, 2.45) is 0 Å². The van der Waals surface area contributed by atoms with E-state index in [1.54, 1.807) is 72.8 Å². The van der Waals surface area contributed by atoms with Crippen LogP contribution in [0, 0.1) is 62.3 Å². The van der Waals surface area contributed by atoms with E-state index < -0.39 is 18.1 Å². The third-order valence-electron chi connectivity index (χ3n) is 23.6. The van der Waals surface area contributed by atoms with Gasteiger partial charge in [0, 0.05) is 45.8 Å². The second-order valence-electron chi connectivity index (χ2n) is 33.2. The Morgan fingerprint density at radius 2 is 0.368 bits per heavy atom. The fourth-order valence-electron chi connectivity index (χ4n) is 16.6. The first kappa shape index (κ1) is 95.7. The topological polar surface area (TPSA) is 470 Å². The Balaban J connectivity index is 0.000000181. The summed E-state index contributed by atoms with van der Waals surface area (Å²) in [7, 11) is 0. The number of nitrogens with one attached hydrogen (secondary N) is 14. The lowest BCUT2D eigenvalue weighted by molar-refractivity contribution is 0.250. The molecule has 0 aliphatic rings. The maximum Gasteiger partial charge on any atom is 0.319 e. The molecule has 0 atom stereocenters. The van der Waals surface area contributed by atoms with Crippen molar-refractivity contribution in [3.63, 3.8) is 0 Å². The van der Waals surface area contributed by atoms with E-state index in [-0.39, 0.29) is 43.8 Å². The predicted molar refractivity (Wildman–Crippen MR) is 547 cm³/mol. The summed E-state index contributed by atoms with van der Waals surface area (Å²) in [6.07, 6.45) is 1.94. The highest BCUT2D eigenvalue weighted by atomic mass is 16.2. The molecule has 0 heterocycles. The number of rotatable bonds is 24. The molecule has 686 valence electrons. The summed E-state index contributed by atoms with van der Waals surface area (Å²) in [5.74, 6) is 0. The van der Waals surface area contributed by atoms with Gasteiger partial charge in [0.2, 0.25) is 0 Å². The summed E-state index contributed by atoms with van der Waals surface area (Å²) in [6.45, 7) is 26.0. The number of carbonyl (C=O) groups excluding carboxylic acids is 7. The zero-order valence-electron chi connectivity index (χ0n) is 77.2. The quantitative estimate of drug-likeness (QED) is 0.0198. The van der Waals surface area contributed by atoms with Crippen LogP contribution in [-0.4, -0.2) is 42.2 Å². The fraction of sp³-hybridized carbons (Fsp3) is 0.210. The van der Waals surface area contributed by atoms with Gasteiger partial charge >= 0.3 is 42.2 Å². The van der Waals surface area contributed by atoms with Crippen LogP contribution in [0.1, 0.15) is 126 Å². The first-order valence-electron chi connectivity index (χ1n) is 44.1. The van der Waals surface area contributed by atoms with Crippen LogP contribution in [0.25, 0.3) is 43.1 Å². The molecule has 14 aromatic rings. The maximum atomic E-state index is 13.2. The van der Waals surface area contributed by atoms with Crippen molar-refractivity contribution in [2.45, 2.75) is 148 Å². The van der Waals surface area contributed by atoms with Crippen LogP contribution in [0.3, 0.4) is 0 Å². The first-order chi connectivity index (χ1) is 63.8. The van der Waals surface area contributed by atoms with Crippen molar-refractivity contribution in [2.75, 3.05) is 77.4 Å². The number of anilines is 14. The van der Waals surface area contributed by atoms with Gasteiger partial charge in [-0.3, -0.25) is 0 Å². The number of nitrogen functional groups attached to an aromatic ring is 7. The SMILES string of the molecule is CCc1c(CNC(=O)Nc2ccc(C)cc2N)c(CC)c(CNC(=O)Nc2ccc(C)cc2N)c(CC)c1CNC(=O)Nc1ccc(C)cc1N.Cc1cc2c(CNC(=O)Nc3ccccc3N)c3cc(C)c(C)cc3c(CNC(=O)Nc3ccccc3N)c2cc1C.Cc1ccc(NC(=O)NCc2c3ccccc3c(CNC(=O)Nc3ccc(C)cc3N)c3ccccc23)c(N)c1. The van der Waals surface area contributed by atoms with Gasteiger partial charge < -0.3 is 115 Å². The molecule has 14 aromatic carbocycles. The van der Waals surface area contributed by atoms with E-state index in [4.69, 9.17) is 40.1 Å². The van der Waals surface area contributed by atoms with Gasteiger partial charge in [-0.15, -0.1) is 0 Å². The van der Waals surface area contributed by atoms with Gasteiger partial charge in [-0.2, -0.15) is 0 Å². The number of benzene rings is 14. The molecular formula is C105H119N21O7. The summed E-state index contributed by atoms with van der Waals surface area (Å²) in [4.78, 5) is 90.9. The molecule has 0 saturated heterocycles. The molecule has 14 rings (SSSR count).